The van der Waals surface area contributed by atoms with Gasteiger partial charge in [0.15, 0.2) is 22.5 Å². The third kappa shape index (κ3) is 7.20. The van der Waals surface area contributed by atoms with Gasteiger partial charge in [0.25, 0.3) is 5.91 Å². The summed E-state index contributed by atoms with van der Waals surface area (Å²) in [7, 11) is 1.60. The minimum absolute atomic E-state index is 0.115. The van der Waals surface area contributed by atoms with Crippen LogP contribution >= 0.6 is 11.8 Å². The Bertz CT molecular complexity index is 1620. The first-order valence-electron chi connectivity index (χ1n) is 13.0. The van der Waals surface area contributed by atoms with Gasteiger partial charge in [-0.05, 0) is 48.4 Å². The van der Waals surface area contributed by atoms with E-state index in [9.17, 15) is 4.79 Å². The molecule has 41 heavy (non-hydrogen) atoms. The molecular weight excluding hydrogens is 534 g/mol. The maximum Gasteiger partial charge on any atom is 0.250 e. The van der Waals surface area contributed by atoms with Crippen molar-refractivity contribution in [2.75, 3.05) is 12.9 Å². The number of methoxy groups -OCH3 is 1. The van der Waals surface area contributed by atoms with Crippen molar-refractivity contribution in [1.82, 2.24) is 20.2 Å². The highest BCUT2D eigenvalue weighted by Gasteiger charge is 2.17. The number of thioether (sulfide) groups is 1. The van der Waals surface area contributed by atoms with E-state index < -0.39 is 0 Å². The molecule has 0 saturated heterocycles. The van der Waals surface area contributed by atoms with Crippen molar-refractivity contribution in [1.29, 1.82) is 0 Å². The highest BCUT2D eigenvalue weighted by Crippen LogP contribution is 2.29. The van der Waals surface area contributed by atoms with E-state index in [0.717, 1.165) is 27.9 Å². The molecule has 5 aromatic rings. The minimum atomic E-state index is -0.264. The molecule has 0 fully saturated rings. The number of hydrogen-bond acceptors (Lipinski definition) is 7. The van der Waals surface area contributed by atoms with Crippen molar-refractivity contribution in [3.8, 4) is 28.6 Å². The van der Waals surface area contributed by atoms with Gasteiger partial charge in [-0.1, -0.05) is 90.1 Å². The lowest BCUT2D eigenvalue weighted by Crippen LogP contribution is -2.20. The Labute approximate surface area is 243 Å². The maximum absolute atomic E-state index is 12.6. The number of aromatic nitrogens is 3. The zero-order valence-electron chi connectivity index (χ0n) is 22.7. The Kier molecular flexibility index (Phi) is 9.08. The fourth-order valence-electron chi connectivity index (χ4n) is 4.03. The van der Waals surface area contributed by atoms with E-state index in [0.29, 0.717) is 29.1 Å². The number of ether oxygens (including phenoxy) is 2. The Balaban J connectivity index is 1.23. The molecule has 9 heteroatoms. The Morgan fingerprint density at radius 2 is 1.66 bits per heavy atom. The number of carbonyl (C=O) groups is 1. The standard InChI is InChI=1S/C32H29N5O3S/c1-23-13-16-26(17-14-23)31-35-36-32(37(31)27-11-7-4-8-12-27)41-22-30(38)34-33-20-25-15-18-28(39-2)29(19-25)40-21-24-9-5-3-6-10-24/h3-20H,21-22H2,1-2H3,(H,34,38). The summed E-state index contributed by atoms with van der Waals surface area (Å²) in [6, 6.07) is 33.3. The number of amides is 1. The Morgan fingerprint density at radius 3 is 2.39 bits per heavy atom. The van der Waals surface area contributed by atoms with Gasteiger partial charge in [-0.15, -0.1) is 10.2 Å². The number of nitrogens with one attached hydrogen (secondary N) is 1. The van der Waals surface area contributed by atoms with Crippen molar-refractivity contribution in [2.24, 2.45) is 5.10 Å². The first-order chi connectivity index (χ1) is 20.1. The molecular formula is C32H29N5O3S. The first-order valence-corrected chi connectivity index (χ1v) is 14.0. The van der Waals surface area contributed by atoms with Gasteiger partial charge in [0.1, 0.15) is 6.61 Å². The van der Waals surface area contributed by atoms with Crippen LogP contribution in [0.2, 0.25) is 0 Å². The van der Waals surface area contributed by atoms with E-state index in [1.807, 2.05) is 109 Å². The van der Waals surface area contributed by atoms with Crippen LogP contribution in [0.25, 0.3) is 17.1 Å². The number of hydrazone groups is 1. The van der Waals surface area contributed by atoms with Gasteiger partial charge in [0.05, 0.1) is 19.1 Å². The molecule has 1 N–H and O–H groups in total. The molecule has 0 atom stereocenters. The van der Waals surface area contributed by atoms with Crippen LogP contribution in [-0.4, -0.2) is 39.7 Å². The molecule has 0 saturated carbocycles. The van der Waals surface area contributed by atoms with E-state index in [1.165, 1.54) is 11.8 Å². The average Bonchev–Trinajstić information content (AvgIpc) is 3.44. The van der Waals surface area contributed by atoms with Gasteiger partial charge >= 0.3 is 0 Å². The third-order valence-electron chi connectivity index (χ3n) is 6.12. The molecule has 8 nitrogen and oxygen atoms in total. The van der Waals surface area contributed by atoms with E-state index in [2.05, 4.69) is 20.7 Å². The second-order valence-corrected chi connectivity index (χ2v) is 10.1. The van der Waals surface area contributed by atoms with Crippen molar-refractivity contribution in [3.05, 3.63) is 120 Å². The zero-order chi connectivity index (χ0) is 28.4. The molecule has 0 aliphatic heterocycles. The van der Waals surface area contributed by atoms with Gasteiger partial charge in [-0.2, -0.15) is 5.10 Å². The summed E-state index contributed by atoms with van der Waals surface area (Å²) in [6.07, 6.45) is 1.57. The fraction of sp³-hybridized carbons (Fsp3) is 0.125. The predicted octanol–water partition coefficient (Wildman–Crippen LogP) is 6.07. The zero-order valence-corrected chi connectivity index (χ0v) is 23.5. The van der Waals surface area contributed by atoms with E-state index >= 15 is 0 Å². The summed E-state index contributed by atoms with van der Waals surface area (Å²) < 4.78 is 13.4. The maximum atomic E-state index is 12.6. The number of hydrogen-bond donors (Lipinski definition) is 1. The van der Waals surface area contributed by atoms with Crippen molar-refractivity contribution < 1.29 is 14.3 Å². The molecule has 0 radical (unpaired) electrons. The largest absolute Gasteiger partial charge is 0.493 e. The molecule has 0 spiro atoms. The van der Waals surface area contributed by atoms with Crippen molar-refractivity contribution >= 4 is 23.9 Å². The van der Waals surface area contributed by atoms with Gasteiger partial charge in [0, 0.05) is 11.3 Å². The van der Waals surface area contributed by atoms with Gasteiger partial charge in [-0.3, -0.25) is 9.36 Å². The molecule has 1 heterocycles. The predicted molar refractivity (Wildman–Crippen MR) is 162 cm³/mol. The van der Waals surface area contributed by atoms with Crippen LogP contribution in [-0.2, 0) is 11.4 Å². The molecule has 0 aliphatic rings. The molecule has 0 unspecified atom stereocenters. The van der Waals surface area contributed by atoms with Gasteiger partial charge < -0.3 is 9.47 Å². The molecule has 1 amide bonds. The van der Waals surface area contributed by atoms with E-state index in [4.69, 9.17) is 9.47 Å². The third-order valence-corrected chi connectivity index (χ3v) is 7.05. The van der Waals surface area contributed by atoms with Crippen LogP contribution in [0.15, 0.2) is 113 Å². The highest BCUT2D eigenvalue weighted by atomic mass is 32.2. The Hall–Kier alpha value is -4.89. The summed E-state index contributed by atoms with van der Waals surface area (Å²) in [5.41, 5.74) is 7.42. The van der Waals surface area contributed by atoms with Crippen LogP contribution in [0, 0.1) is 6.92 Å². The summed E-state index contributed by atoms with van der Waals surface area (Å²) in [4.78, 5) is 12.6. The van der Waals surface area contributed by atoms with Crippen molar-refractivity contribution in [2.45, 2.75) is 18.7 Å². The molecule has 4 aromatic carbocycles. The quantitative estimate of drug-likeness (QED) is 0.119. The molecule has 5 rings (SSSR count). The fourth-order valence-corrected chi connectivity index (χ4v) is 4.77. The van der Waals surface area contributed by atoms with Crippen LogP contribution in [0.1, 0.15) is 16.7 Å². The lowest BCUT2D eigenvalue weighted by molar-refractivity contribution is -0.118. The Morgan fingerprint density at radius 1 is 0.927 bits per heavy atom. The van der Waals surface area contributed by atoms with Crippen LogP contribution in [0.3, 0.4) is 0 Å². The summed E-state index contributed by atoms with van der Waals surface area (Å²) in [6.45, 7) is 2.45. The SMILES string of the molecule is COc1ccc(C=NNC(=O)CSc2nnc(-c3ccc(C)cc3)n2-c2ccccc2)cc1OCc1ccccc1. The van der Waals surface area contributed by atoms with Gasteiger partial charge in [0.2, 0.25) is 0 Å². The minimum Gasteiger partial charge on any atom is -0.493 e. The molecule has 206 valence electrons. The lowest BCUT2D eigenvalue weighted by atomic mass is 10.1. The molecule has 0 aliphatic carbocycles. The van der Waals surface area contributed by atoms with Crippen LogP contribution < -0.4 is 14.9 Å². The number of carbonyl (C=O) groups excluding carboxylic acids is 1. The summed E-state index contributed by atoms with van der Waals surface area (Å²) in [5, 5.41) is 13.6. The van der Waals surface area contributed by atoms with Crippen LogP contribution in [0.5, 0.6) is 11.5 Å². The molecule has 0 bridgehead atoms. The number of aryl methyl sites for hydroxylation is 1. The summed E-state index contributed by atoms with van der Waals surface area (Å²) >= 11 is 1.29. The van der Waals surface area contributed by atoms with Crippen molar-refractivity contribution in [3.63, 3.8) is 0 Å². The monoisotopic (exact) mass is 563 g/mol. The number of para-hydroxylation sites is 1. The smallest absolute Gasteiger partial charge is 0.250 e. The normalized spacial score (nSPS) is 11.0. The van der Waals surface area contributed by atoms with E-state index in [-0.39, 0.29) is 11.7 Å². The highest BCUT2D eigenvalue weighted by molar-refractivity contribution is 7.99. The van der Waals surface area contributed by atoms with Crippen LogP contribution in [0.4, 0.5) is 0 Å². The van der Waals surface area contributed by atoms with Gasteiger partial charge in [-0.25, -0.2) is 5.43 Å². The second kappa shape index (κ2) is 13.5. The van der Waals surface area contributed by atoms with E-state index in [1.54, 1.807) is 19.4 Å². The average molecular weight is 564 g/mol. The molecule has 1 aromatic heterocycles. The number of rotatable bonds is 11. The second-order valence-electron chi connectivity index (χ2n) is 9.11. The summed E-state index contributed by atoms with van der Waals surface area (Å²) in [5.74, 6) is 1.77. The topological polar surface area (TPSA) is 90.6 Å². The lowest BCUT2D eigenvalue weighted by Gasteiger charge is -2.11. The first kappa shape index (κ1) is 27.7. The number of benzene rings is 4. The number of nitrogens with zero attached hydrogens (tertiary/aromatic N) is 4.